The van der Waals surface area contributed by atoms with Gasteiger partial charge in [0.15, 0.2) is 5.82 Å². The number of anilines is 1. The number of rotatable bonds is 4. The predicted octanol–water partition coefficient (Wildman–Crippen LogP) is 2.45. The first-order chi connectivity index (χ1) is 9.61. The van der Waals surface area contributed by atoms with E-state index in [1.165, 1.54) is 31.9 Å². The summed E-state index contributed by atoms with van der Waals surface area (Å²) in [6.07, 6.45) is 4.15. The Hall–Kier alpha value is -2.24. The van der Waals surface area contributed by atoms with Gasteiger partial charge in [-0.1, -0.05) is 0 Å². The van der Waals surface area contributed by atoms with Gasteiger partial charge in [0.2, 0.25) is 5.91 Å². The van der Waals surface area contributed by atoms with Crippen molar-refractivity contribution in [3.8, 4) is 11.4 Å². The molecule has 5 nitrogen and oxygen atoms in total. The monoisotopic (exact) mass is 274 g/mol. The van der Waals surface area contributed by atoms with Gasteiger partial charge in [-0.15, -0.1) is 0 Å². The molecule has 1 N–H and O–H groups in total. The predicted molar refractivity (Wildman–Crippen MR) is 72.4 cm³/mol. The highest BCUT2D eigenvalue weighted by Crippen LogP contribution is 2.31. The standard InChI is InChI=1S/C14H15FN4O/c1-9(20)17-13-6-11(15)4-5-12(13)14-16-8-19(18-14)7-10-2-3-10/h4-6,8,10H,2-3,7H2,1H3,(H,17,20). The zero-order valence-electron chi connectivity index (χ0n) is 11.1. The van der Waals surface area contributed by atoms with E-state index in [0.29, 0.717) is 23.0 Å². The van der Waals surface area contributed by atoms with Gasteiger partial charge in [0.25, 0.3) is 0 Å². The van der Waals surface area contributed by atoms with Crippen molar-refractivity contribution >= 4 is 11.6 Å². The number of carbonyl (C=O) groups is 1. The van der Waals surface area contributed by atoms with Crippen molar-refractivity contribution in [2.75, 3.05) is 5.32 Å². The van der Waals surface area contributed by atoms with Crippen molar-refractivity contribution in [3.63, 3.8) is 0 Å². The third kappa shape index (κ3) is 2.84. The van der Waals surface area contributed by atoms with E-state index in [1.807, 2.05) is 0 Å². The summed E-state index contributed by atoms with van der Waals surface area (Å²) < 4.78 is 15.1. The average Bonchev–Trinajstić information content (AvgIpc) is 3.06. The SMILES string of the molecule is CC(=O)Nc1cc(F)ccc1-c1ncn(CC2CC2)n1. The minimum atomic E-state index is -0.407. The Morgan fingerprint density at radius 3 is 3.00 bits per heavy atom. The lowest BCUT2D eigenvalue weighted by Gasteiger charge is -2.07. The number of hydrogen-bond acceptors (Lipinski definition) is 3. The molecule has 0 radical (unpaired) electrons. The third-order valence-corrected chi connectivity index (χ3v) is 3.21. The van der Waals surface area contributed by atoms with Crippen LogP contribution in [0.2, 0.25) is 0 Å². The lowest BCUT2D eigenvalue weighted by atomic mass is 10.1. The molecular formula is C14H15FN4O. The van der Waals surface area contributed by atoms with E-state index in [9.17, 15) is 9.18 Å². The summed E-state index contributed by atoms with van der Waals surface area (Å²) >= 11 is 0. The molecule has 1 heterocycles. The molecule has 1 fully saturated rings. The Morgan fingerprint density at radius 1 is 1.50 bits per heavy atom. The number of benzene rings is 1. The van der Waals surface area contributed by atoms with Gasteiger partial charge in [-0.25, -0.2) is 9.37 Å². The van der Waals surface area contributed by atoms with Crippen LogP contribution >= 0.6 is 0 Å². The second-order valence-corrected chi connectivity index (χ2v) is 5.10. The molecule has 1 aromatic carbocycles. The fraction of sp³-hybridized carbons (Fsp3) is 0.357. The first-order valence-electron chi connectivity index (χ1n) is 6.59. The lowest BCUT2D eigenvalue weighted by Crippen LogP contribution is -2.08. The van der Waals surface area contributed by atoms with Gasteiger partial charge in [-0.05, 0) is 37.0 Å². The number of nitrogens with one attached hydrogen (secondary N) is 1. The minimum absolute atomic E-state index is 0.255. The maximum Gasteiger partial charge on any atom is 0.221 e. The van der Waals surface area contributed by atoms with Crippen LogP contribution in [0.4, 0.5) is 10.1 Å². The van der Waals surface area contributed by atoms with Crippen LogP contribution in [0, 0.1) is 11.7 Å². The normalized spacial score (nSPS) is 14.3. The first-order valence-corrected chi connectivity index (χ1v) is 6.59. The van der Waals surface area contributed by atoms with Crippen LogP contribution in [-0.2, 0) is 11.3 Å². The van der Waals surface area contributed by atoms with Crippen LogP contribution in [0.15, 0.2) is 24.5 Å². The highest BCUT2D eigenvalue weighted by Gasteiger charge is 2.22. The number of carbonyl (C=O) groups excluding carboxylic acids is 1. The largest absolute Gasteiger partial charge is 0.326 e. The van der Waals surface area contributed by atoms with Crippen LogP contribution in [0.1, 0.15) is 19.8 Å². The van der Waals surface area contributed by atoms with Crippen LogP contribution in [0.3, 0.4) is 0 Å². The zero-order valence-corrected chi connectivity index (χ0v) is 11.1. The summed E-state index contributed by atoms with van der Waals surface area (Å²) in [6.45, 7) is 2.25. The summed E-state index contributed by atoms with van der Waals surface area (Å²) in [5, 5.41) is 7.00. The van der Waals surface area contributed by atoms with Crippen LogP contribution in [0.25, 0.3) is 11.4 Å². The maximum atomic E-state index is 13.3. The Labute approximate surface area is 115 Å². The first kappa shape index (κ1) is 12.8. The number of hydrogen-bond donors (Lipinski definition) is 1. The minimum Gasteiger partial charge on any atom is -0.326 e. The highest BCUT2D eigenvalue weighted by molar-refractivity contribution is 5.93. The Bertz CT molecular complexity index is 648. The molecule has 0 bridgehead atoms. The van der Waals surface area contributed by atoms with Crippen LogP contribution in [-0.4, -0.2) is 20.7 Å². The van der Waals surface area contributed by atoms with Crippen LogP contribution in [0.5, 0.6) is 0 Å². The second kappa shape index (κ2) is 5.03. The number of aromatic nitrogens is 3. The van der Waals surface area contributed by atoms with Gasteiger partial charge in [-0.2, -0.15) is 5.10 Å². The summed E-state index contributed by atoms with van der Waals surface area (Å²) in [4.78, 5) is 15.4. The lowest BCUT2D eigenvalue weighted by molar-refractivity contribution is -0.114. The Morgan fingerprint density at radius 2 is 2.30 bits per heavy atom. The molecule has 1 aromatic heterocycles. The molecule has 1 saturated carbocycles. The number of halogens is 1. The van der Waals surface area contributed by atoms with Crippen molar-refractivity contribution < 1.29 is 9.18 Å². The van der Waals surface area contributed by atoms with E-state index in [0.717, 1.165) is 6.54 Å². The number of nitrogens with zero attached hydrogens (tertiary/aromatic N) is 3. The van der Waals surface area contributed by atoms with Crippen LogP contribution < -0.4 is 5.32 Å². The van der Waals surface area contributed by atoms with Crippen molar-refractivity contribution in [2.45, 2.75) is 26.3 Å². The fourth-order valence-corrected chi connectivity index (χ4v) is 2.08. The van der Waals surface area contributed by atoms with E-state index in [2.05, 4.69) is 15.4 Å². The van der Waals surface area contributed by atoms with Crippen molar-refractivity contribution in [1.82, 2.24) is 14.8 Å². The van der Waals surface area contributed by atoms with Gasteiger partial charge in [0.1, 0.15) is 12.1 Å². The van der Waals surface area contributed by atoms with E-state index in [-0.39, 0.29) is 5.91 Å². The topological polar surface area (TPSA) is 59.8 Å². The van der Waals surface area contributed by atoms with Gasteiger partial charge < -0.3 is 5.32 Å². The molecule has 1 amide bonds. The summed E-state index contributed by atoms with van der Waals surface area (Å²) in [7, 11) is 0. The molecular weight excluding hydrogens is 259 g/mol. The van der Waals surface area contributed by atoms with E-state index >= 15 is 0 Å². The maximum absolute atomic E-state index is 13.3. The Kier molecular flexibility index (Phi) is 3.22. The molecule has 6 heteroatoms. The third-order valence-electron chi connectivity index (χ3n) is 3.21. The van der Waals surface area contributed by atoms with Gasteiger partial charge in [0.05, 0.1) is 5.69 Å². The quantitative estimate of drug-likeness (QED) is 0.931. The molecule has 20 heavy (non-hydrogen) atoms. The molecule has 1 aliphatic rings. The van der Waals surface area contributed by atoms with Gasteiger partial charge in [-0.3, -0.25) is 9.48 Å². The number of amides is 1. The van der Waals surface area contributed by atoms with E-state index in [1.54, 1.807) is 17.1 Å². The molecule has 0 unspecified atom stereocenters. The molecule has 0 aliphatic heterocycles. The Balaban J connectivity index is 1.91. The molecule has 0 atom stereocenters. The molecule has 0 spiro atoms. The summed E-state index contributed by atoms with van der Waals surface area (Å²) in [5.74, 6) is 0.533. The molecule has 104 valence electrons. The van der Waals surface area contributed by atoms with E-state index < -0.39 is 5.82 Å². The van der Waals surface area contributed by atoms with Crippen molar-refractivity contribution in [3.05, 3.63) is 30.3 Å². The van der Waals surface area contributed by atoms with Gasteiger partial charge in [0, 0.05) is 19.0 Å². The highest BCUT2D eigenvalue weighted by atomic mass is 19.1. The smallest absolute Gasteiger partial charge is 0.221 e. The second-order valence-electron chi connectivity index (χ2n) is 5.10. The molecule has 3 rings (SSSR count). The summed E-state index contributed by atoms with van der Waals surface area (Å²) in [5.41, 5.74) is 1.01. The average molecular weight is 274 g/mol. The zero-order chi connectivity index (χ0) is 14.1. The fourth-order valence-electron chi connectivity index (χ4n) is 2.08. The van der Waals surface area contributed by atoms with Crippen molar-refractivity contribution in [1.29, 1.82) is 0 Å². The summed E-state index contributed by atoms with van der Waals surface area (Å²) in [6, 6.07) is 4.19. The molecule has 1 aliphatic carbocycles. The molecule has 2 aromatic rings. The van der Waals surface area contributed by atoms with E-state index in [4.69, 9.17) is 0 Å². The van der Waals surface area contributed by atoms with Gasteiger partial charge >= 0.3 is 0 Å². The van der Waals surface area contributed by atoms with Crippen molar-refractivity contribution in [2.24, 2.45) is 5.92 Å². The molecule has 0 saturated heterocycles.